The number of nitrogens with zero attached hydrogens (tertiary/aromatic N) is 2. The molecule has 2 amide bonds. The van der Waals surface area contributed by atoms with Crippen LogP contribution in [-0.2, 0) is 9.59 Å². The molecule has 0 spiro atoms. The van der Waals surface area contributed by atoms with Crippen LogP contribution in [0.3, 0.4) is 0 Å². The molecule has 33 heavy (non-hydrogen) atoms. The van der Waals surface area contributed by atoms with Crippen molar-refractivity contribution in [1.29, 1.82) is 0 Å². The average molecular weight is 483 g/mol. The topological polar surface area (TPSA) is 112 Å². The van der Waals surface area contributed by atoms with E-state index in [9.17, 15) is 9.59 Å². The van der Waals surface area contributed by atoms with E-state index in [1.54, 1.807) is 44.3 Å². The van der Waals surface area contributed by atoms with Crippen molar-refractivity contribution in [2.75, 3.05) is 10.6 Å². The number of amides is 2. The Kier molecular flexibility index (Phi) is 6.48. The number of anilines is 2. The first-order chi connectivity index (χ1) is 15.8. The molecule has 168 valence electrons. The van der Waals surface area contributed by atoms with Crippen molar-refractivity contribution in [3.05, 3.63) is 93.3 Å². The zero-order valence-electron chi connectivity index (χ0n) is 17.7. The lowest BCUT2D eigenvalue weighted by atomic mass is 9.82. The van der Waals surface area contributed by atoms with Crippen LogP contribution in [-0.4, -0.2) is 26.8 Å². The fraction of sp³-hybridized carbons (Fsp3) is 0.130. The summed E-state index contributed by atoms with van der Waals surface area (Å²) >= 11 is 11.8. The van der Waals surface area contributed by atoms with Gasteiger partial charge in [0.2, 0.25) is 0 Å². The molecule has 4 rings (SSSR count). The number of aromatic nitrogens is 3. The maximum atomic E-state index is 13.4. The van der Waals surface area contributed by atoms with Gasteiger partial charge in [-0.05, 0) is 50.2 Å². The number of hydrogen-bond donors (Lipinski definition) is 4. The molecule has 0 saturated heterocycles. The molecule has 0 fully saturated rings. The Hall–Kier alpha value is -3.62. The number of H-pyrrole nitrogens is 1. The van der Waals surface area contributed by atoms with Crippen molar-refractivity contribution >= 4 is 46.7 Å². The second-order valence-electron chi connectivity index (χ2n) is 7.39. The molecule has 10 heteroatoms. The molecule has 0 aliphatic carbocycles. The van der Waals surface area contributed by atoms with Crippen LogP contribution in [0.2, 0.25) is 10.0 Å². The van der Waals surface area contributed by atoms with E-state index in [1.165, 1.54) is 12.4 Å². The molecule has 0 radical (unpaired) electrons. The van der Waals surface area contributed by atoms with Crippen molar-refractivity contribution in [1.82, 2.24) is 20.3 Å². The molecule has 0 saturated carbocycles. The van der Waals surface area contributed by atoms with Gasteiger partial charge >= 0.3 is 0 Å². The zero-order chi connectivity index (χ0) is 23.5. The molecule has 8 nitrogen and oxygen atoms in total. The predicted molar refractivity (Wildman–Crippen MR) is 128 cm³/mol. The summed E-state index contributed by atoms with van der Waals surface area (Å²) in [5.41, 5.74) is 2.71. The Bertz CT molecular complexity index is 1170. The van der Waals surface area contributed by atoms with Crippen molar-refractivity contribution < 1.29 is 9.59 Å². The number of nitrogens with one attached hydrogen (secondary N) is 4. The Morgan fingerprint density at radius 3 is 1.76 bits per heavy atom. The van der Waals surface area contributed by atoms with E-state index < -0.39 is 17.7 Å². The maximum absolute atomic E-state index is 13.4. The molecule has 0 aromatic carbocycles. The second kappa shape index (κ2) is 9.48. The normalized spacial score (nSPS) is 14.2. The number of rotatable bonds is 5. The first kappa shape index (κ1) is 22.6. The molecular weight excluding hydrogens is 463 g/mol. The number of dihydropyridines is 1. The lowest BCUT2D eigenvalue weighted by molar-refractivity contribution is -0.113. The maximum Gasteiger partial charge on any atom is 0.255 e. The van der Waals surface area contributed by atoms with Gasteiger partial charge in [-0.2, -0.15) is 0 Å². The minimum Gasteiger partial charge on any atom is -0.364 e. The summed E-state index contributed by atoms with van der Waals surface area (Å²) in [6, 6.07) is 10.1. The van der Waals surface area contributed by atoms with E-state index in [-0.39, 0.29) is 0 Å². The average Bonchev–Trinajstić information content (AvgIpc) is 3.31. The van der Waals surface area contributed by atoms with Crippen LogP contribution in [0.25, 0.3) is 0 Å². The van der Waals surface area contributed by atoms with E-state index in [0.717, 1.165) is 0 Å². The summed E-state index contributed by atoms with van der Waals surface area (Å²) in [7, 11) is 0. The zero-order valence-corrected chi connectivity index (χ0v) is 19.3. The molecule has 4 heterocycles. The molecular formula is C23H20Cl2N6O2. The molecule has 1 aliphatic rings. The van der Waals surface area contributed by atoms with Crippen LogP contribution < -0.4 is 16.0 Å². The Labute approximate surface area is 200 Å². The van der Waals surface area contributed by atoms with Crippen LogP contribution in [0.1, 0.15) is 25.5 Å². The highest BCUT2D eigenvalue weighted by atomic mass is 35.5. The number of carbonyl (C=O) groups excluding carboxylic acids is 2. The van der Waals surface area contributed by atoms with Crippen molar-refractivity contribution in [2.45, 2.75) is 19.8 Å². The highest BCUT2D eigenvalue weighted by Gasteiger charge is 2.37. The number of carbonyl (C=O) groups is 2. The Morgan fingerprint density at radius 1 is 0.848 bits per heavy atom. The third-order valence-electron chi connectivity index (χ3n) is 5.12. The number of allylic oxidation sites excluding steroid dienone is 2. The van der Waals surface area contributed by atoms with Gasteiger partial charge in [0.25, 0.3) is 11.8 Å². The number of pyridine rings is 2. The summed E-state index contributed by atoms with van der Waals surface area (Å²) in [6.07, 6.45) is 4.64. The molecule has 1 aliphatic heterocycles. The summed E-state index contributed by atoms with van der Waals surface area (Å²) < 4.78 is 0. The van der Waals surface area contributed by atoms with Gasteiger partial charge in [0, 0.05) is 46.8 Å². The monoisotopic (exact) mass is 482 g/mol. The van der Waals surface area contributed by atoms with Gasteiger partial charge in [0.15, 0.2) is 0 Å². The molecule has 3 aromatic heterocycles. The number of halogens is 2. The third-order valence-corrected chi connectivity index (χ3v) is 5.57. The van der Waals surface area contributed by atoms with E-state index in [0.29, 0.717) is 49.9 Å². The van der Waals surface area contributed by atoms with Gasteiger partial charge in [0.1, 0.15) is 11.6 Å². The molecule has 0 bridgehead atoms. The Balaban J connectivity index is 1.69. The number of aromatic amines is 1. The van der Waals surface area contributed by atoms with Gasteiger partial charge in [-0.3, -0.25) is 9.59 Å². The van der Waals surface area contributed by atoms with Gasteiger partial charge < -0.3 is 20.9 Å². The standard InChI is InChI=1S/C23H20Cl2N6O2/c1-12-19(22(32)30-17-7-5-14(24)10-27-17)21(16-4-3-9-26-16)20(13(2)29-12)23(33)31-18-8-6-15(25)11-28-18/h3-11,21,26,29H,1-2H3,(H,27,30,32)(H,28,31,33). The smallest absolute Gasteiger partial charge is 0.255 e. The van der Waals surface area contributed by atoms with E-state index in [2.05, 4.69) is 30.9 Å². The van der Waals surface area contributed by atoms with Gasteiger partial charge in [-0.1, -0.05) is 23.2 Å². The van der Waals surface area contributed by atoms with E-state index >= 15 is 0 Å². The second-order valence-corrected chi connectivity index (χ2v) is 8.27. The largest absolute Gasteiger partial charge is 0.364 e. The predicted octanol–water partition coefficient (Wildman–Crippen LogP) is 4.62. The van der Waals surface area contributed by atoms with Crippen LogP contribution in [0.4, 0.5) is 11.6 Å². The molecule has 0 unspecified atom stereocenters. The van der Waals surface area contributed by atoms with Crippen LogP contribution in [0.5, 0.6) is 0 Å². The summed E-state index contributed by atoms with van der Waals surface area (Å²) in [4.78, 5) is 38.1. The fourth-order valence-corrected chi connectivity index (χ4v) is 3.92. The van der Waals surface area contributed by atoms with E-state index in [1.807, 2.05) is 12.1 Å². The van der Waals surface area contributed by atoms with Crippen molar-refractivity contribution in [3.63, 3.8) is 0 Å². The van der Waals surface area contributed by atoms with Gasteiger partial charge in [-0.25, -0.2) is 9.97 Å². The molecule has 4 N–H and O–H groups in total. The SMILES string of the molecule is CC1=C(C(=O)Nc2ccc(Cl)cn2)C(c2ccc[nH]2)C(C(=O)Nc2ccc(Cl)cn2)=C(C)N1. The van der Waals surface area contributed by atoms with Gasteiger partial charge in [0.05, 0.1) is 16.0 Å². The summed E-state index contributed by atoms with van der Waals surface area (Å²) in [5.74, 6) is -0.746. The van der Waals surface area contributed by atoms with Crippen molar-refractivity contribution in [3.8, 4) is 0 Å². The third kappa shape index (κ3) is 4.92. The highest BCUT2D eigenvalue weighted by Crippen LogP contribution is 2.38. The van der Waals surface area contributed by atoms with Crippen LogP contribution in [0.15, 0.2) is 77.5 Å². The Morgan fingerprint density at radius 2 is 1.36 bits per heavy atom. The minimum atomic E-state index is -0.652. The summed E-state index contributed by atoms with van der Waals surface area (Å²) in [5, 5.41) is 9.66. The van der Waals surface area contributed by atoms with Crippen LogP contribution in [0, 0.1) is 0 Å². The molecule has 3 aromatic rings. The first-order valence-corrected chi connectivity index (χ1v) is 10.8. The van der Waals surface area contributed by atoms with E-state index in [4.69, 9.17) is 23.2 Å². The summed E-state index contributed by atoms with van der Waals surface area (Å²) in [6.45, 7) is 3.58. The lowest BCUT2D eigenvalue weighted by Crippen LogP contribution is -2.35. The van der Waals surface area contributed by atoms with Crippen molar-refractivity contribution in [2.24, 2.45) is 0 Å². The number of hydrogen-bond acceptors (Lipinski definition) is 5. The fourth-order valence-electron chi connectivity index (χ4n) is 3.70. The lowest BCUT2D eigenvalue weighted by Gasteiger charge is -2.30. The minimum absolute atomic E-state index is 0.345. The quantitative estimate of drug-likeness (QED) is 0.423. The van der Waals surface area contributed by atoms with Gasteiger partial charge in [-0.15, -0.1) is 0 Å². The van der Waals surface area contributed by atoms with Crippen LogP contribution >= 0.6 is 23.2 Å². The first-order valence-electron chi connectivity index (χ1n) is 10.0. The molecule has 0 atom stereocenters. The highest BCUT2D eigenvalue weighted by molar-refractivity contribution is 6.30.